The van der Waals surface area contributed by atoms with Gasteiger partial charge in [-0.05, 0) is 55.9 Å². The van der Waals surface area contributed by atoms with Gasteiger partial charge in [0.2, 0.25) is 5.91 Å². The summed E-state index contributed by atoms with van der Waals surface area (Å²) < 4.78 is 5.39. The average molecular weight is 412 g/mol. The number of nitrogens with zero attached hydrogens (tertiary/aromatic N) is 3. The van der Waals surface area contributed by atoms with Crippen LogP contribution in [0.1, 0.15) is 44.2 Å². The zero-order chi connectivity index (χ0) is 21.1. The highest BCUT2D eigenvalue weighted by Gasteiger charge is 2.26. The lowest BCUT2D eigenvalue weighted by Crippen LogP contribution is -2.51. The van der Waals surface area contributed by atoms with Gasteiger partial charge >= 0.3 is 5.63 Å². The van der Waals surface area contributed by atoms with Gasteiger partial charge in [0.05, 0.1) is 6.54 Å². The molecule has 6 nitrogen and oxygen atoms in total. The van der Waals surface area contributed by atoms with Crippen LogP contribution in [-0.2, 0) is 17.8 Å². The molecule has 1 amide bonds. The van der Waals surface area contributed by atoms with E-state index in [1.165, 1.54) is 12.0 Å². The van der Waals surface area contributed by atoms with Crippen LogP contribution in [0.25, 0.3) is 11.0 Å². The Kier molecular flexibility index (Phi) is 6.54. The molecule has 2 aliphatic heterocycles. The van der Waals surface area contributed by atoms with E-state index in [2.05, 4.69) is 34.6 Å². The van der Waals surface area contributed by atoms with Crippen molar-refractivity contribution >= 4 is 16.9 Å². The molecule has 0 bridgehead atoms. The second-order valence-electron chi connectivity index (χ2n) is 8.76. The van der Waals surface area contributed by atoms with Gasteiger partial charge in [0, 0.05) is 56.8 Å². The highest BCUT2D eigenvalue weighted by Crippen LogP contribution is 2.21. The first-order chi connectivity index (χ1) is 14.5. The number of piperazine rings is 1. The van der Waals surface area contributed by atoms with Gasteiger partial charge in [-0.15, -0.1) is 0 Å². The maximum atomic E-state index is 12.7. The molecule has 0 N–H and O–H groups in total. The Labute approximate surface area is 178 Å². The van der Waals surface area contributed by atoms with Crippen LogP contribution in [0.4, 0.5) is 0 Å². The largest absolute Gasteiger partial charge is 0.423 e. The molecule has 2 fully saturated rings. The smallest absolute Gasteiger partial charge is 0.336 e. The van der Waals surface area contributed by atoms with Crippen molar-refractivity contribution in [2.24, 2.45) is 0 Å². The molecule has 0 aliphatic carbocycles. The lowest BCUT2D eigenvalue weighted by molar-refractivity contribution is -0.136. The number of carbonyl (C=O) groups is 1. The fraction of sp³-hybridized carbons (Fsp3) is 0.583. The van der Waals surface area contributed by atoms with E-state index in [1.807, 2.05) is 12.1 Å². The van der Waals surface area contributed by atoms with Gasteiger partial charge in [-0.1, -0.05) is 13.0 Å². The van der Waals surface area contributed by atoms with Crippen LogP contribution in [0.5, 0.6) is 0 Å². The summed E-state index contributed by atoms with van der Waals surface area (Å²) in [5.74, 6) is 0.273. The minimum absolute atomic E-state index is 0.273. The number of benzene rings is 1. The summed E-state index contributed by atoms with van der Waals surface area (Å²) in [4.78, 5) is 31.4. The highest BCUT2D eigenvalue weighted by atomic mass is 16.4. The van der Waals surface area contributed by atoms with Crippen molar-refractivity contribution in [3.8, 4) is 0 Å². The fourth-order valence-corrected chi connectivity index (χ4v) is 4.72. The number of aryl methyl sites for hydroxylation is 1. The van der Waals surface area contributed by atoms with Gasteiger partial charge in [-0.3, -0.25) is 14.6 Å². The lowest BCUT2D eigenvalue weighted by atomic mass is 10.0. The Hall–Kier alpha value is -2.18. The predicted molar refractivity (Wildman–Crippen MR) is 119 cm³/mol. The summed E-state index contributed by atoms with van der Waals surface area (Å²) in [6.45, 7) is 10.0. The summed E-state index contributed by atoms with van der Waals surface area (Å²) >= 11 is 0. The zero-order valence-electron chi connectivity index (χ0n) is 18.2. The molecule has 4 rings (SSSR count). The Balaban J connectivity index is 1.37. The summed E-state index contributed by atoms with van der Waals surface area (Å²) in [6.07, 6.45) is 4.44. The number of rotatable bonds is 5. The van der Waals surface area contributed by atoms with Gasteiger partial charge in [-0.25, -0.2) is 4.79 Å². The van der Waals surface area contributed by atoms with Crippen molar-refractivity contribution in [2.75, 3.05) is 39.3 Å². The van der Waals surface area contributed by atoms with E-state index in [0.29, 0.717) is 18.2 Å². The maximum absolute atomic E-state index is 12.7. The monoisotopic (exact) mass is 411 g/mol. The van der Waals surface area contributed by atoms with E-state index >= 15 is 0 Å². The third kappa shape index (κ3) is 4.76. The van der Waals surface area contributed by atoms with Gasteiger partial charge < -0.3 is 9.32 Å². The van der Waals surface area contributed by atoms with Crippen LogP contribution in [0, 0.1) is 0 Å². The van der Waals surface area contributed by atoms with Gasteiger partial charge in [0.25, 0.3) is 0 Å². The summed E-state index contributed by atoms with van der Waals surface area (Å²) in [7, 11) is 0. The second-order valence-corrected chi connectivity index (χ2v) is 8.76. The van der Waals surface area contributed by atoms with Crippen LogP contribution in [0.15, 0.2) is 33.5 Å². The minimum Gasteiger partial charge on any atom is -0.423 e. The summed E-state index contributed by atoms with van der Waals surface area (Å²) in [5, 5.41) is 1.03. The summed E-state index contributed by atoms with van der Waals surface area (Å²) in [6, 6.07) is 8.08. The standard InChI is InChI=1S/C24H33N3O3/c1-3-19-7-8-22-21(14-19)20(15-24(29)30-22)16-25-10-12-26(13-11-25)17-23(28)27-9-5-4-6-18(27)2/h7-8,14-15,18H,3-6,9-13,16-17H2,1-2H3/t18-/m0/s1. The van der Waals surface area contributed by atoms with Crippen molar-refractivity contribution in [2.45, 2.75) is 52.1 Å². The normalized spacial score (nSPS) is 21.3. The van der Waals surface area contributed by atoms with Crippen molar-refractivity contribution < 1.29 is 9.21 Å². The molecule has 1 aromatic carbocycles. The molecule has 0 saturated carbocycles. The van der Waals surface area contributed by atoms with E-state index in [1.54, 1.807) is 6.07 Å². The molecule has 0 radical (unpaired) electrons. The van der Waals surface area contributed by atoms with E-state index in [0.717, 1.165) is 69.5 Å². The van der Waals surface area contributed by atoms with E-state index in [9.17, 15) is 9.59 Å². The number of piperidine rings is 1. The number of hydrogen-bond donors (Lipinski definition) is 0. The van der Waals surface area contributed by atoms with Gasteiger partial charge in [0.1, 0.15) is 5.58 Å². The van der Waals surface area contributed by atoms with E-state index in [4.69, 9.17) is 4.42 Å². The molecular formula is C24H33N3O3. The number of likely N-dealkylation sites (tertiary alicyclic amines) is 1. The predicted octanol–water partition coefficient (Wildman–Crippen LogP) is 2.87. The van der Waals surface area contributed by atoms with Crippen molar-refractivity contribution in [3.63, 3.8) is 0 Å². The number of hydrogen-bond acceptors (Lipinski definition) is 5. The van der Waals surface area contributed by atoms with Crippen LogP contribution < -0.4 is 5.63 Å². The molecule has 3 heterocycles. The first-order valence-electron chi connectivity index (χ1n) is 11.3. The molecule has 30 heavy (non-hydrogen) atoms. The fourth-order valence-electron chi connectivity index (χ4n) is 4.72. The Morgan fingerprint density at radius 3 is 2.57 bits per heavy atom. The first-order valence-corrected chi connectivity index (χ1v) is 11.3. The Morgan fingerprint density at radius 2 is 1.83 bits per heavy atom. The zero-order valence-corrected chi connectivity index (χ0v) is 18.2. The molecular weight excluding hydrogens is 378 g/mol. The van der Waals surface area contributed by atoms with E-state index < -0.39 is 0 Å². The highest BCUT2D eigenvalue weighted by molar-refractivity contribution is 5.81. The molecule has 0 spiro atoms. The molecule has 2 aliphatic rings. The van der Waals surface area contributed by atoms with Gasteiger partial charge in [0.15, 0.2) is 0 Å². The second kappa shape index (κ2) is 9.31. The van der Waals surface area contributed by atoms with Crippen LogP contribution in [-0.4, -0.2) is 65.9 Å². The maximum Gasteiger partial charge on any atom is 0.336 e. The minimum atomic E-state index is -0.290. The van der Waals surface area contributed by atoms with Crippen molar-refractivity contribution in [3.05, 3.63) is 45.8 Å². The molecule has 6 heteroatoms. The number of amides is 1. The molecule has 1 atom stereocenters. The van der Waals surface area contributed by atoms with Crippen LogP contribution >= 0.6 is 0 Å². The van der Waals surface area contributed by atoms with Crippen molar-refractivity contribution in [1.29, 1.82) is 0 Å². The third-order valence-electron chi connectivity index (χ3n) is 6.64. The molecule has 2 aromatic rings. The number of carbonyl (C=O) groups excluding carboxylic acids is 1. The quantitative estimate of drug-likeness (QED) is 0.708. The SMILES string of the molecule is CCc1ccc2oc(=O)cc(CN3CCN(CC(=O)N4CCCC[C@@H]4C)CC3)c2c1. The third-order valence-corrected chi connectivity index (χ3v) is 6.64. The molecule has 2 saturated heterocycles. The van der Waals surface area contributed by atoms with Gasteiger partial charge in [-0.2, -0.15) is 0 Å². The van der Waals surface area contributed by atoms with Crippen LogP contribution in [0.3, 0.4) is 0 Å². The molecule has 162 valence electrons. The van der Waals surface area contributed by atoms with Crippen molar-refractivity contribution in [1.82, 2.24) is 14.7 Å². The molecule has 0 unspecified atom stereocenters. The Morgan fingerprint density at radius 1 is 1.07 bits per heavy atom. The lowest BCUT2D eigenvalue weighted by Gasteiger charge is -2.38. The summed E-state index contributed by atoms with van der Waals surface area (Å²) in [5.41, 5.74) is 2.65. The first kappa shape index (κ1) is 21.1. The topological polar surface area (TPSA) is 57.0 Å². The van der Waals surface area contributed by atoms with E-state index in [-0.39, 0.29) is 11.5 Å². The number of fused-ring (bicyclic) bond motifs is 1. The average Bonchev–Trinajstić information content (AvgIpc) is 2.75. The Bertz CT molecular complexity index is 946. The molecule has 1 aromatic heterocycles. The van der Waals surface area contributed by atoms with Crippen LogP contribution in [0.2, 0.25) is 0 Å².